The number of amides is 2. The van der Waals surface area contributed by atoms with Crippen LogP contribution in [0.25, 0.3) is 0 Å². The molecule has 2 N–H and O–H groups in total. The van der Waals surface area contributed by atoms with Gasteiger partial charge >= 0.3 is 0 Å². The highest BCUT2D eigenvalue weighted by atomic mass is 35.5. The number of morpholine rings is 1. The first kappa shape index (κ1) is 32.4. The summed E-state index contributed by atoms with van der Waals surface area (Å²) in [4.78, 5) is 33.2. The van der Waals surface area contributed by atoms with Crippen LogP contribution in [-0.2, 0) is 20.1 Å². The van der Waals surface area contributed by atoms with E-state index in [9.17, 15) is 9.59 Å². The number of para-hydroxylation sites is 1. The monoisotopic (exact) mass is 674 g/mol. The van der Waals surface area contributed by atoms with Gasteiger partial charge in [-0.05, 0) is 54.8 Å². The number of aryl methyl sites for hydroxylation is 1. The van der Waals surface area contributed by atoms with E-state index in [4.69, 9.17) is 35.9 Å². The Balaban J connectivity index is 1.32. The molecule has 6 rings (SSSR count). The quantitative estimate of drug-likeness (QED) is 0.204. The molecule has 0 saturated carbocycles. The summed E-state index contributed by atoms with van der Waals surface area (Å²) in [5, 5.41) is 12.4. The van der Waals surface area contributed by atoms with Crippen LogP contribution in [0, 0.1) is 6.92 Å². The number of halogens is 1. The number of fused-ring (bicyclic) bond motifs is 1. The second-order valence-electron chi connectivity index (χ2n) is 11.1. The van der Waals surface area contributed by atoms with E-state index < -0.39 is 6.04 Å². The molecule has 1 fully saturated rings. The number of carbonyl (C=O) groups is 2. The number of carbonyl (C=O) groups excluding carboxylic acids is 2. The zero-order valence-electron chi connectivity index (χ0n) is 26.3. The van der Waals surface area contributed by atoms with Crippen LogP contribution in [-0.4, -0.2) is 71.5 Å². The number of nitrogens with zero attached hydrogens (tertiary/aromatic N) is 4. The van der Waals surface area contributed by atoms with Gasteiger partial charge in [-0.2, -0.15) is 4.98 Å². The minimum Gasteiger partial charge on any atom is -0.493 e. The Morgan fingerprint density at radius 1 is 1.06 bits per heavy atom. The predicted molar refractivity (Wildman–Crippen MR) is 181 cm³/mol. The van der Waals surface area contributed by atoms with Gasteiger partial charge in [-0.25, -0.2) is 4.68 Å². The number of nitrogens with one attached hydrogen (secondary N) is 2. The molecule has 0 spiro atoms. The van der Waals surface area contributed by atoms with Crippen LogP contribution in [0.2, 0.25) is 5.02 Å². The largest absolute Gasteiger partial charge is 0.493 e. The fourth-order valence-electron chi connectivity index (χ4n) is 5.47. The number of aromatic nitrogens is 3. The van der Waals surface area contributed by atoms with Gasteiger partial charge in [0.1, 0.15) is 6.04 Å². The number of benzene rings is 3. The van der Waals surface area contributed by atoms with E-state index in [-0.39, 0.29) is 18.4 Å². The van der Waals surface area contributed by atoms with Crippen molar-refractivity contribution in [1.82, 2.24) is 19.7 Å². The Bertz CT molecular complexity index is 1820. The van der Waals surface area contributed by atoms with Crippen LogP contribution in [0.5, 0.6) is 11.5 Å². The van der Waals surface area contributed by atoms with E-state index >= 15 is 0 Å². The second-order valence-corrected chi connectivity index (χ2v) is 12.4. The lowest BCUT2D eigenvalue weighted by atomic mass is 9.94. The normalized spacial score (nSPS) is 15.9. The molecular formula is C34H35ClN6O5S. The third kappa shape index (κ3) is 7.24. The molecule has 2 aliphatic heterocycles. The van der Waals surface area contributed by atoms with Crippen LogP contribution in [0.1, 0.15) is 29.7 Å². The fourth-order valence-corrected chi connectivity index (χ4v) is 6.59. The molecule has 244 valence electrons. The lowest BCUT2D eigenvalue weighted by molar-refractivity contribution is -0.137. The maximum absolute atomic E-state index is 14.0. The van der Waals surface area contributed by atoms with Gasteiger partial charge in [0.2, 0.25) is 11.1 Å². The molecule has 0 bridgehead atoms. The summed E-state index contributed by atoms with van der Waals surface area (Å²) in [6.45, 7) is 5.75. The van der Waals surface area contributed by atoms with Crippen LogP contribution in [0.15, 0.2) is 83.2 Å². The Kier molecular flexibility index (Phi) is 10.00. The second kappa shape index (κ2) is 14.5. The molecule has 1 aromatic heterocycles. The summed E-state index contributed by atoms with van der Waals surface area (Å²) >= 11 is 7.84. The molecule has 2 aliphatic rings. The van der Waals surface area contributed by atoms with Crippen LogP contribution in [0.3, 0.4) is 0 Å². The van der Waals surface area contributed by atoms with E-state index in [1.807, 2.05) is 68.4 Å². The number of allylic oxidation sites excluding steroid dienone is 1. The van der Waals surface area contributed by atoms with Gasteiger partial charge in [-0.15, -0.1) is 5.10 Å². The van der Waals surface area contributed by atoms with E-state index in [1.54, 1.807) is 21.7 Å². The van der Waals surface area contributed by atoms with Crippen molar-refractivity contribution in [2.75, 3.05) is 50.7 Å². The van der Waals surface area contributed by atoms with Crippen LogP contribution >= 0.6 is 23.4 Å². The standard InChI is InChI=1S/C34H35ClN6O5S/c1-21-8-4-7-11-26(21)37-32(43)30-22(2)36-33-38-34(47-20-24-9-5-6-10-25(24)35)39-41(33)31(30)23-12-13-27(28(18-23)44-3)46-19-29(42)40-14-16-45-17-15-40/h4-13,18,31H,14-17,19-20H2,1-3H3,(H,37,43)(H,36,38,39). The zero-order chi connectivity index (χ0) is 32.9. The van der Waals surface area contributed by atoms with Crippen molar-refractivity contribution >= 4 is 46.8 Å². The molecule has 0 aliphatic carbocycles. The van der Waals surface area contributed by atoms with Crippen molar-refractivity contribution in [3.8, 4) is 11.5 Å². The minimum atomic E-state index is -0.657. The molecule has 13 heteroatoms. The molecule has 1 atom stereocenters. The molecular weight excluding hydrogens is 640 g/mol. The van der Waals surface area contributed by atoms with Crippen molar-refractivity contribution in [3.05, 3.63) is 99.7 Å². The van der Waals surface area contributed by atoms with Gasteiger partial charge in [0.15, 0.2) is 18.1 Å². The number of thioether (sulfide) groups is 1. The third-order valence-corrected chi connectivity index (χ3v) is 9.26. The summed E-state index contributed by atoms with van der Waals surface area (Å²) in [6, 6.07) is 20.0. The Hall–Kier alpha value is -4.52. The topological polar surface area (TPSA) is 120 Å². The number of hydrogen-bond acceptors (Lipinski definition) is 9. The maximum Gasteiger partial charge on any atom is 0.260 e. The van der Waals surface area contributed by atoms with Gasteiger partial charge in [0, 0.05) is 35.2 Å². The van der Waals surface area contributed by atoms with Gasteiger partial charge in [0.25, 0.3) is 11.8 Å². The highest BCUT2D eigenvalue weighted by molar-refractivity contribution is 7.98. The number of methoxy groups -OCH3 is 1. The van der Waals surface area contributed by atoms with Gasteiger partial charge in [-0.3, -0.25) is 9.59 Å². The van der Waals surface area contributed by atoms with Crippen LogP contribution in [0.4, 0.5) is 11.6 Å². The lowest BCUT2D eigenvalue weighted by Gasteiger charge is -2.29. The Morgan fingerprint density at radius 2 is 1.83 bits per heavy atom. The van der Waals surface area contributed by atoms with Gasteiger partial charge in [-0.1, -0.05) is 65.8 Å². The SMILES string of the molecule is COc1cc(C2C(C(=O)Nc3ccccc3C)=C(C)Nc3nc(SCc4ccccc4Cl)nn32)ccc1OCC(=O)N1CCOCC1. The smallest absolute Gasteiger partial charge is 0.260 e. The number of ether oxygens (including phenoxy) is 3. The molecule has 0 radical (unpaired) electrons. The highest BCUT2D eigenvalue weighted by Crippen LogP contribution is 2.40. The van der Waals surface area contributed by atoms with Crippen molar-refractivity contribution in [2.24, 2.45) is 0 Å². The number of hydrogen-bond donors (Lipinski definition) is 2. The highest BCUT2D eigenvalue weighted by Gasteiger charge is 2.35. The molecule has 3 aromatic carbocycles. The van der Waals surface area contributed by atoms with Crippen LogP contribution < -0.4 is 20.1 Å². The average molecular weight is 675 g/mol. The summed E-state index contributed by atoms with van der Waals surface area (Å²) in [5.41, 5.74) is 4.44. The first-order chi connectivity index (χ1) is 22.8. The van der Waals surface area contributed by atoms with Crippen molar-refractivity contribution in [2.45, 2.75) is 30.8 Å². The summed E-state index contributed by atoms with van der Waals surface area (Å²) in [7, 11) is 1.54. The first-order valence-corrected chi connectivity index (χ1v) is 16.5. The Labute approximate surface area is 282 Å². The predicted octanol–water partition coefficient (Wildman–Crippen LogP) is 5.71. The lowest BCUT2D eigenvalue weighted by Crippen LogP contribution is -2.43. The number of rotatable bonds is 10. The molecule has 2 amide bonds. The average Bonchev–Trinajstić information content (AvgIpc) is 3.49. The van der Waals surface area contributed by atoms with E-state index in [1.165, 1.54) is 18.9 Å². The summed E-state index contributed by atoms with van der Waals surface area (Å²) in [6.07, 6.45) is 0. The van der Waals surface area contributed by atoms with E-state index in [2.05, 4.69) is 10.6 Å². The van der Waals surface area contributed by atoms with Gasteiger partial charge in [0.05, 0.1) is 25.9 Å². The fraction of sp³-hybridized carbons (Fsp3) is 0.294. The molecule has 1 unspecified atom stereocenters. The maximum atomic E-state index is 14.0. The van der Waals surface area contributed by atoms with E-state index in [0.29, 0.717) is 76.6 Å². The summed E-state index contributed by atoms with van der Waals surface area (Å²) in [5.74, 6) is 1.49. The van der Waals surface area contributed by atoms with Gasteiger partial charge < -0.3 is 29.7 Å². The first-order valence-electron chi connectivity index (χ1n) is 15.2. The van der Waals surface area contributed by atoms with E-state index in [0.717, 1.165) is 16.7 Å². The zero-order valence-corrected chi connectivity index (χ0v) is 27.9. The molecule has 47 heavy (non-hydrogen) atoms. The van der Waals surface area contributed by atoms with Crippen molar-refractivity contribution in [1.29, 1.82) is 0 Å². The van der Waals surface area contributed by atoms with Crippen molar-refractivity contribution < 1.29 is 23.8 Å². The Morgan fingerprint density at radius 3 is 2.60 bits per heavy atom. The molecule has 11 nitrogen and oxygen atoms in total. The molecule has 3 heterocycles. The summed E-state index contributed by atoms with van der Waals surface area (Å²) < 4.78 is 18.7. The van der Waals surface area contributed by atoms with Crippen molar-refractivity contribution in [3.63, 3.8) is 0 Å². The minimum absolute atomic E-state index is 0.124. The molecule has 1 saturated heterocycles. The number of anilines is 2. The third-order valence-electron chi connectivity index (χ3n) is 8.00. The molecule has 4 aromatic rings.